The van der Waals surface area contributed by atoms with Crippen LogP contribution in [0.15, 0.2) is 65.6 Å². The van der Waals surface area contributed by atoms with Crippen LogP contribution in [0, 0.1) is 5.82 Å². The molecule has 0 aliphatic heterocycles. The Labute approximate surface area is 157 Å². The maximum atomic E-state index is 13.2. The molecule has 0 aliphatic carbocycles. The summed E-state index contributed by atoms with van der Waals surface area (Å²) in [6, 6.07) is 15.6. The molecule has 0 saturated carbocycles. The highest BCUT2D eigenvalue weighted by atomic mass is 32.2. The van der Waals surface area contributed by atoms with Crippen molar-refractivity contribution >= 4 is 32.3 Å². The number of hydrogen-bond donors (Lipinski definition) is 1. The number of nitrogens with one attached hydrogen (secondary N) is 1. The minimum atomic E-state index is -3.93. The van der Waals surface area contributed by atoms with E-state index in [2.05, 4.69) is 4.72 Å². The number of anilines is 1. The first kappa shape index (κ1) is 19.0. The highest BCUT2D eigenvalue weighted by Gasteiger charge is 2.20. The normalized spacial score (nSPS) is 11.5. The van der Waals surface area contributed by atoms with E-state index >= 15 is 0 Å². The van der Waals surface area contributed by atoms with Crippen molar-refractivity contribution in [1.29, 1.82) is 0 Å². The lowest BCUT2D eigenvalue weighted by molar-refractivity contribution is 0.0996. The Balaban J connectivity index is 1.91. The zero-order valence-corrected chi connectivity index (χ0v) is 15.8. The third kappa shape index (κ3) is 3.99. The summed E-state index contributed by atoms with van der Waals surface area (Å²) < 4.78 is 41.1. The predicted octanol–water partition coefficient (Wildman–Crippen LogP) is 3.21. The van der Waals surface area contributed by atoms with E-state index in [-0.39, 0.29) is 10.5 Å². The fraction of sp³-hybridized carbons (Fsp3) is 0.150. The van der Waals surface area contributed by atoms with Crippen LogP contribution in [-0.4, -0.2) is 34.8 Å². The van der Waals surface area contributed by atoms with Crippen molar-refractivity contribution < 1.29 is 17.6 Å². The number of carbonyl (C=O) groups excluding carboxylic acids is 1. The molecule has 0 aromatic heterocycles. The first-order chi connectivity index (χ1) is 12.8. The van der Waals surface area contributed by atoms with Crippen molar-refractivity contribution in [2.24, 2.45) is 0 Å². The van der Waals surface area contributed by atoms with Gasteiger partial charge in [-0.2, -0.15) is 0 Å². The standard InChI is InChI=1S/C20H19FN2O3S/c1-23(2)18-10-4-9-17-16(18)8-5-11-20(17)27(25,26)22-13-19(24)14-6-3-7-15(21)12-14/h3-12,22H,13H2,1-2H3. The number of Topliss-reactive ketones (excluding diaryl/α,β-unsaturated/α-hetero) is 1. The van der Waals surface area contributed by atoms with Crippen LogP contribution >= 0.6 is 0 Å². The molecule has 3 aromatic rings. The van der Waals surface area contributed by atoms with E-state index in [9.17, 15) is 17.6 Å². The molecule has 3 aromatic carbocycles. The highest BCUT2D eigenvalue weighted by Crippen LogP contribution is 2.30. The van der Waals surface area contributed by atoms with Gasteiger partial charge in [-0.05, 0) is 24.3 Å². The van der Waals surface area contributed by atoms with Gasteiger partial charge in [0.15, 0.2) is 5.78 Å². The van der Waals surface area contributed by atoms with Crippen molar-refractivity contribution in [2.45, 2.75) is 4.90 Å². The maximum Gasteiger partial charge on any atom is 0.241 e. The summed E-state index contributed by atoms with van der Waals surface area (Å²) in [6.45, 7) is -0.449. The van der Waals surface area contributed by atoms with Gasteiger partial charge in [-0.3, -0.25) is 4.79 Å². The van der Waals surface area contributed by atoms with Crippen LogP contribution in [-0.2, 0) is 10.0 Å². The third-order valence-electron chi connectivity index (χ3n) is 4.20. The zero-order chi connectivity index (χ0) is 19.6. The van der Waals surface area contributed by atoms with Crippen LogP contribution in [0.25, 0.3) is 10.8 Å². The molecule has 0 saturated heterocycles. The maximum absolute atomic E-state index is 13.2. The minimum absolute atomic E-state index is 0.0933. The van der Waals surface area contributed by atoms with Gasteiger partial charge < -0.3 is 4.90 Å². The monoisotopic (exact) mass is 386 g/mol. The molecule has 0 bridgehead atoms. The fourth-order valence-electron chi connectivity index (χ4n) is 2.89. The van der Waals surface area contributed by atoms with Gasteiger partial charge in [-0.1, -0.05) is 36.4 Å². The average molecular weight is 386 g/mol. The lowest BCUT2D eigenvalue weighted by atomic mass is 10.1. The second-order valence-electron chi connectivity index (χ2n) is 6.28. The van der Waals surface area contributed by atoms with Crippen LogP contribution < -0.4 is 9.62 Å². The van der Waals surface area contributed by atoms with E-state index in [1.54, 1.807) is 18.2 Å². The van der Waals surface area contributed by atoms with Gasteiger partial charge in [-0.25, -0.2) is 17.5 Å². The summed E-state index contributed by atoms with van der Waals surface area (Å²) >= 11 is 0. The van der Waals surface area contributed by atoms with E-state index in [4.69, 9.17) is 0 Å². The molecule has 0 unspecified atom stereocenters. The van der Waals surface area contributed by atoms with Crippen LogP contribution in [0.1, 0.15) is 10.4 Å². The zero-order valence-electron chi connectivity index (χ0n) is 14.9. The van der Waals surface area contributed by atoms with Crippen LogP contribution in [0.3, 0.4) is 0 Å². The molecule has 0 amide bonds. The molecule has 0 spiro atoms. The fourth-order valence-corrected chi connectivity index (χ4v) is 4.09. The van der Waals surface area contributed by atoms with Gasteiger partial charge >= 0.3 is 0 Å². The predicted molar refractivity (Wildman–Crippen MR) is 104 cm³/mol. The Kier molecular flexibility index (Phi) is 5.25. The van der Waals surface area contributed by atoms with E-state index in [1.807, 2.05) is 31.1 Å². The Morgan fingerprint density at radius 2 is 1.67 bits per heavy atom. The van der Waals surface area contributed by atoms with Crippen molar-refractivity contribution in [3.63, 3.8) is 0 Å². The second-order valence-corrected chi connectivity index (χ2v) is 8.02. The second kappa shape index (κ2) is 7.46. The molecule has 0 radical (unpaired) electrons. The molecule has 0 aliphatic rings. The van der Waals surface area contributed by atoms with E-state index in [0.717, 1.165) is 17.1 Å². The van der Waals surface area contributed by atoms with E-state index < -0.39 is 28.2 Å². The number of benzene rings is 3. The molecule has 3 rings (SSSR count). The molecular weight excluding hydrogens is 367 g/mol. The minimum Gasteiger partial charge on any atom is -0.377 e. The Morgan fingerprint density at radius 3 is 2.37 bits per heavy atom. The summed E-state index contributed by atoms with van der Waals surface area (Å²) in [4.78, 5) is 14.2. The average Bonchev–Trinajstić information content (AvgIpc) is 2.65. The number of fused-ring (bicyclic) bond motifs is 1. The molecule has 140 valence electrons. The third-order valence-corrected chi connectivity index (χ3v) is 5.66. The smallest absolute Gasteiger partial charge is 0.241 e. The van der Waals surface area contributed by atoms with Crippen molar-refractivity contribution in [3.05, 3.63) is 72.0 Å². The van der Waals surface area contributed by atoms with Gasteiger partial charge in [0.2, 0.25) is 10.0 Å². The van der Waals surface area contributed by atoms with Crippen molar-refractivity contribution in [3.8, 4) is 0 Å². The summed E-state index contributed by atoms with van der Waals surface area (Å²) in [6.07, 6.45) is 0. The molecule has 27 heavy (non-hydrogen) atoms. The molecule has 1 N–H and O–H groups in total. The Hall–Kier alpha value is -2.77. The van der Waals surface area contributed by atoms with Gasteiger partial charge in [0.05, 0.1) is 11.4 Å². The number of halogens is 1. The largest absolute Gasteiger partial charge is 0.377 e. The molecule has 0 heterocycles. The number of nitrogens with zero attached hydrogens (tertiary/aromatic N) is 1. The molecule has 7 heteroatoms. The molecule has 0 atom stereocenters. The lowest BCUT2D eigenvalue weighted by Crippen LogP contribution is -2.30. The van der Waals surface area contributed by atoms with Gasteiger partial charge in [-0.15, -0.1) is 0 Å². The Bertz CT molecular complexity index is 1110. The molecular formula is C20H19FN2O3S. The first-order valence-electron chi connectivity index (χ1n) is 8.27. The van der Waals surface area contributed by atoms with Crippen LogP contribution in [0.5, 0.6) is 0 Å². The first-order valence-corrected chi connectivity index (χ1v) is 9.75. The SMILES string of the molecule is CN(C)c1cccc2c(S(=O)(=O)NCC(=O)c3cccc(F)c3)cccc12. The lowest BCUT2D eigenvalue weighted by Gasteiger charge is -2.17. The summed E-state index contributed by atoms with van der Waals surface area (Å²) in [5.74, 6) is -1.05. The molecule has 5 nitrogen and oxygen atoms in total. The number of sulfonamides is 1. The van der Waals surface area contributed by atoms with E-state index in [0.29, 0.717) is 5.39 Å². The molecule has 0 fully saturated rings. The van der Waals surface area contributed by atoms with Crippen molar-refractivity contribution in [2.75, 3.05) is 25.5 Å². The van der Waals surface area contributed by atoms with E-state index in [1.165, 1.54) is 24.3 Å². The van der Waals surface area contributed by atoms with Crippen LogP contribution in [0.2, 0.25) is 0 Å². The van der Waals surface area contributed by atoms with Gasteiger partial charge in [0.1, 0.15) is 5.82 Å². The highest BCUT2D eigenvalue weighted by molar-refractivity contribution is 7.89. The summed E-state index contributed by atoms with van der Waals surface area (Å²) in [5, 5.41) is 1.36. The number of hydrogen-bond acceptors (Lipinski definition) is 4. The summed E-state index contributed by atoms with van der Waals surface area (Å²) in [5.41, 5.74) is 1.01. The number of ketones is 1. The van der Waals surface area contributed by atoms with Gasteiger partial charge in [0, 0.05) is 36.1 Å². The van der Waals surface area contributed by atoms with Gasteiger partial charge in [0.25, 0.3) is 0 Å². The quantitative estimate of drug-likeness (QED) is 0.661. The topological polar surface area (TPSA) is 66.5 Å². The number of rotatable bonds is 6. The van der Waals surface area contributed by atoms with Crippen LogP contribution in [0.4, 0.5) is 10.1 Å². The summed E-state index contributed by atoms with van der Waals surface area (Å²) in [7, 11) is -0.164. The number of carbonyl (C=O) groups is 1. The van der Waals surface area contributed by atoms with Crippen molar-refractivity contribution in [1.82, 2.24) is 4.72 Å². The Morgan fingerprint density at radius 1 is 1.00 bits per heavy atom.